The summed E-state index contributed by atoms with van der Waals surface area (Å²) < 4.78 is 126. The molecule has 5 rings (SSSR count). The van der Waals surface area contributed by atoms with Gasteiger partial charge in [0.2, 0.25) is 5.91 Å². The number of pyridine rings is 1. The first-order chi connectivity index (χ1) is 18.6. The number of carbonyl (C=O) groups excluding carboxylic acids is 1. The van der Waals surface area contributed by atoms with E-state index in [2.05, 4.69) is 20.1 Å². The van der Waals surface area contributed by atoms with Gasteiger partial charge in [0.25, 0.3) is 5.60 Å². The predicted molar refractivity (Wildman–Crippen MR) is 117 cm³/mol. The average molecular weight is 577 g/mol. The third-order valence-electron chi connectivity index (χ3n) is 6.63. The summed E-state index contributed by atoms with van der Waals surface area (Å²) in [5.41, 5.74) is -9.78. The van der Waals surface area contributed by atoms with E-state index < -0.39 is 58.5 Å². The molecule has 40 heavy (non-hydrogen) atoms. The number of halogens is 9. The summed E-state index contributed by atoms with van der Waals surface area (Å²) in [7, 11) is 0. The first-order valence-corrected chi connectivity index (χ1v) is 11.4. The maximum atomic E-state index is 15.3. The fraction of sp³-hybridized carbons (Fsp3) is 0.333. The number of oxime groups is 1. The van der Waals surface area contributed by atoms with Gasteiger partial charge >= 0.3 is 12.4 Å². The van der Waals surface area contributed by atoms with Crippen molar-refractivity contribution in [3.05, 3.63) is 82.9 Å². The molecular weight excluding hydrogens is 561 g/mol. The lowest BCUT2D eigenvalue weighted by Gasteiger charge is -2.43. The van der Waals surface area contributed by atoms with Crippen molar-refractivity contribution in [3.8, 4) is 0 Å². The number of hydrogen-bond acceptors (Lipinski definition) is 5. The first kappa shape index (κ1) is 27.5. The molecule has 0 bridgehead atoms. The molecule has 4 heterocycles. The maximum absolute atomic E-state index is 15.3. The van der Waals surface area contributed by atoms with Crippen LogP contribution >= 0.6 is 0 Å². The normalized spacial score (nSPS) is 20.6. The van der Waals surface area contributed by atoms with E-state index in [-0.39, 0.29) is 48.9 Å². The molecule has 0 aliphatic carbocycles. The Kier molecular flexibility index (Phi) is 6.34. The predicted octanol–water partition coefficient (Wildman–Crippen LogP) is 4.86. The molecule has 2 aliphatic heterocycles. The van der Waals surface area contributed by atoms with Gasteiger partial charge in [0, 0.05) is 29.7 Å². The van der Waals surface area contributed by atoms with Crippen LogP contribution in [0.2, 0.25) is 0 Å². The van der Waals surface area contributed by atoms with Crippen molar-refractivity contribution < 1.29 is 49.1 Å². The molecule has 1 unspecified atom stereocenters. The van der Waals surface area contributed by atoms with Crippen molar-refractivity contribution in [3.63, 3.8) is 0 Å². The van der Waals surface area contributed by atoms with E-state index in [1.165, 1.54) is 27.9 Å². The summed E-state index contributed by atoms with van der Waals surface area (Å²) in [6.45, 7) is -0.741. The number of alkyl halides is 7. The lowest BCUT2D eigenvalue weighted by Crippen LogP contribution is -2.59. The van der Waals surface area contributed by atoms with E-state index in [9.17, 15) is 39.9 Å². The third kappa shape index (κ3) is 4.64. The zero-order chi connectivity index (χ0) is 29.1. The summed E-state index contributed by atoms with van der Waals surface area (Å²) >= 11 is 0. The van der Waals surface area contributed by atoms with Crippen LogP contribution in [0.5, 0.6) is 0 Å². The van der Waals surface area contributed by atoms with Crippen molar-refractivity contribution in [2.24, 2.45) is 5.16 Å². The van der Waals surface area contributed by atoms with E-state index in [4.69, 9.17) is 0 Å². The lowest BCUT2D eigenvalue weighted by atomic mass is 9.85. The zero-order valence-corrected chi connectivity index (χ0v) is 19.9. The summed E-state index contributed by atoms with van der Waals surface area (Å²) in [6, 6.07) is 3.76. The van der Waals surface area contributed by atoms with Crippen molar-refractivity contribution in [2.75, 3.05) is 13.1 Å². The fourth-order valence-electron chi connectivity index (χ4n) is 4.45. The van der Waals surface area contributed by atoms with Crippen LogP contribution in [0.15, 0.2) is 54.1 Å². The Morgan fingerprint density at radius 2 is 1.80 bits per heavy atom. The van der Waals surface area contributed by atoms with Gasteiger partial charge in [-0.05, 0) is 30.3 Å². The Bertz CT molecular complexity index is 1460. The second kappa shape index (κ2) is 9.23. The molecule has 1 amide bonds. The van der Waals surface area contributed by atoms with Gasteiger partial charge in [0.1, 0.15) is 6.54 Å². The molecule has 16 heteroatoms. The standard InChI is InChI=1S/C24H16F9N5O2/c25-16-7-14(6-15(20(16)26)23(28,29)30)22(24(31,32)33)8-17(36-40-22)13-2-3-18(34-9-13)21(27)11-37(12-21)19(39)10-38-5-1-4-35-38/h1-7,9H,8,10-12H2. The number of carbonyl (C=O) groups is 1. The molecule has 0 saturated carbocycles. The molecule has 1 atom stereocenters. The smallest absolute Gasteiger partial charge is 0.374 e. The van der Waals surface area contributed by atoms with Crippen molar-refractivity contribution in [2.45, 2.75) is 36.6 Å². The van der Waals surface area contributed by atoms with Gasteiger partial charge in [-0.2, -0.15) is 31.4 Å². The van der Waals surface area contributed by atoms with Crippen LogP contribution in [0, 0.1) is 11.6 Å². The van der Waals surface area contributed by atoms with Crippen LogP contribution in [0.25, 0.3) is 0 Å². The molecule has 0 spiro atoms. The molecular formula is C24H16F9N5O2. The summed E-state index contributed by atoms with van der Waals surface area (Å²) in [5.74, 6) is -4.90. The minimum atomic E-state index is -5.49. The number of benzene rings is 1. The second-order valence-electron chi connectivity index (χ2n) is 9.30. The number of rotatable bonds is 5. The largest absolute Gasteiger partial charge is 0.435 e. The molecule has 0 N–H and O–H groups in total. The van der Waals surface area contributed by atoms with E-state index in [1.54, 1.807) is 12.3 Å². The number of aromatic nitrogens is 3. The number of hydrogen-bond donors (Lipinski definition) is 0. The molecule has 3 aromatic rings. The van der Waals surface area contributed by atoms with Crippen LogP contribution < -0.4 is 0 Å². The lowest BCUT2D eigenvalue weighted by molar-refractivity contribution is -0.276. The van der Waals surface area contributed by atoms with Crippen molar-refractivity contribution in [1.29, 1.82) is 0 Å². The topological polar surface area (TPSA) is 72.6 Å². The van der Waals surface area contributed by atoms with Crippen molar-refractivity contribution >= 4 is 11.6 Å². The van der Waals surface area contributed by atoms with Crippen LogP contribution in [-0.2, 0) is 33.6 Å². The van der Waals surface area contributed by atoms with Gasteiger partial charge in [0.05, 0.1) is 36.5 Å². The highest BCUT2D eigenvalue weighted by atomic mass is 19.4. The molecule has 1 fully saturated rings. The third-order valence-corrected chi connectivity index (χ3v) is 6.63. The SMILES string of the molecule is O=C(Cn1cccn1)N1CC(F)(c2ccc(C3=NOC(c4cc(F)c(F)c(C(F)(F)F)c4)(C(F)(F)F)C3)cn2)C1. The highest BCUT2D eigenvalue weighted by molar-refractivity contribution is 6.01. The average Bonchev–Trinajstić information content (AvgIpc) is 3.54. The minimum Gasteiger partial charge on any atom is -0.374 e. The van der Waals surface area contributed by atoms with E-state index in [0.717, 1.165) is 6.20 Å². The number of amides is 1. The summed E-state index contributed by atoms with van der Waals surface area (Å²) in [5, 5.41) is 7.24. The Morgan fingerprint density at radius 3 is 2.38 bits per heavy atom. The highest BCUT2D eigenvalue weighted by Crippen LogP contribution is 2.50. The second-order valence-corrected chi connectivity index (χ2v) is 9.30. The van der Waals surface area contributed by atoms with Crippen LogP contribution in [0.3, 0.4) is 0 Å². The Balaban J connectivity index is 1.34. The molecule has 212 valence electrons. The Hall–Kier alpha value is -4.11. The quantitative estimate of drug-likeness (QED) is 0.406. The van der Waals surface area contributed by atoms with Gasteiger partial charge in [-0.1, -0.05) is 5.16 Å². The van der Waals surface area contributed by atoms with Crippen molar-refractivity contribution in [1.82, 2.24) is 19.7 Å². The maximum Gasteiger partial charge on any atom is 0.435 e. The summed E-state index contributed by atoms with van der Waals surface area (Å²) in [6.07, 6.45) is -8.06. The molecule has 1 saturated heterocycles. The zero-order valence-electron chi connectivity index (χ0n) is 19.9. The van der Waals surface area contributed by atoms with E-state index >= 15 is 4.39 Å². The number of likely N-dealkylation sites (tertiary alicyclic amines) is 1. The molecule has 1 aromatic carbocycles. The van der Waals surface area contributed by atoms with E-state index in [1.807, 2.05) is 0 Å². The Morgan fingerprint density at radius 1 is 1.07 bits per heavy atom. The van der Waals surface area contributed by atoms with Gasteiger partial charge in [-0.15, -0.1) is 0 Å². The van der Waals surface area contributed by atoms with Gasteiger partial charge < -0.3 is 9.74 Å². The fourth-order valence-corrected chi connectivity index (χ4v) is 4.45. The number of nitrogens with zero attached hydrogens (tertiary/aromatic N) is 5. The molecule has 2 aliphatic rings. The van der Waals surface area contributed by atoms with Gasteiger partial charge in [0.15, 0.2) is 17.3 Å². The highest BCUT2D eigenvalue weighted by Gasteiger charge is 2.63. The van der Waals surface area contributed by atoms with Crippen LogP contribution in [-0.4, -0.2) is 50.5 Å². The van der Waals surface area contributed by atoms with Crippen LogP contribution in [0.4, 0.5) is 39.5 Å². The molecule has 7 nitrogen and oxygen atoms in total. The summed E-state index contributed by atoms with van der Waals surface area (Å²) in [4.78, 5) is 22.0. The Labute approximate surface area is 218 Å². The van der Waals surface area contributed by atoms with Gasteiger partial charge in [-0.25, -0.2) is 13.2 Å². The van der Waals surface area contributed by atoms with E-state index in [0.29, 0.717) is 0 Å². The molecule has 0 radical (unpaired) electrons. The van der Waals surface area contributed by atoms with Gasteiger partial charge in [-0.3, -0.25) is 14.5 Å². The monoisotopic (exact) mass is 577 g/mol. The first-order valence-electron chi connectivity index (χ1n) is 11.4. The minimum absolute atomic E-state index is 0.0271. The molecule has 2 aromatic heterocycles. The van der Waals surface area contributed by atoms with Crippen LogP contribution in [0.1, 0.15) is 28.8 Å².